The fourth-order valence-electron chi connectivity index (χ4n) is 1.55. The number of imidazole rings is 1. The first kappa shape index (κ1) is 10.7. The number of fused-ring (bicyclic) bond motifs is 1. The summed E-state index contributed by atoms with van der Waals surface area (Å²) in [4.78, 5) is 6.09. The largest absolute Gasteiger partial charge is 0.369 e. The third-order valence-corrected chi connectivity index (χ3v) is 2.20. The van der Waals surface area contributed by atoms with Crippen LogP contribution in [0.25, 0.3) is 11.0 Å². The minimum atomic E-state index is -3.02. The second-order valence-corrected chi connectivity index (χ2v) is 3.19. The van der Waals surface area contributed by atoms with E-state index in [0.717, 1.165) is 6.07 Å². The summed E-state index contributed by atoms with van der Waals surface area (Å²) in [7, 11) is 0. The maximum absolute atomic E-state index is 12.7. The molecule has 1 aromatic carbocycles. The summed E-state index contributed by atoms with van der Waals surface area (Å²) in [6.07, 6.45) is -5.98. The highest BCUT2D eigenvalue weighted by Gasteiger charge is 2.24. The number of nitrogens with two attached hydrogens (primary N) is 1. The van der Waals surface area contributed by atoms with Gasteiger partial charge in [-0.15, -0.1) is 0 Å². The van der Waals surface area contributed by atoms with E-state index in [2.05, 4.69) is 9.97 Å². The number of hydrogen-bond donors (Lipinski definition) is 2. The molecule has 0 atom stereocenters. The average molecular weight is 233 g/mol. The molecule has 0 aliphatic rings. The van der Waals surface area contributed by atoms with E-state index in [9.17, 15) is 17.6 Å². The van der Waals surface area contributed by atoms with Crippen LogP contribution in [-0.4, -0.2) is 9.97 Å². The molecule has 0 aliphatic carbocycles. The third kappa shape index (κ3) is 1.58. The lowest BCUT2D eigenvalue weighted by molar-refractivity contribution is 0.125. The Hall–Kier alpha value is -1.79. The molecule has 1 aromatic heterocycles. The zero-order valence-electron chi connectivity index (χ0n) is 7.85. The van der Waals surface area contributed by atoms with Crippen LogP contribution in [0.4, 0.5) is 23.5 Å². The monoisotopic (exact) mass is 233 g/mol. The second kappa shape index (κ2) is 3.66. The van der Waals surface area contributed by atoms with Crippen LogP contribution in [0.5, 0.6) is 0 Å². The molecule has 0 saturated heterocycles. The van der Waals surface area contributed by atoms with E-state index in [1.165, 1.54) is 6.07 Å². The van der Waals surface area contributed by atoms with E-state index in [4.69, 9.17) is 5.73 Å². The summed E-state index contributed by atoms with van der Waals surface area (Å²) in [6.45, 7) is 0. The summed E-state index contributed by atoms with van der Waals surface area (Å²) in [5.41, 5.74) is 3.83. The highest BCUT2D eigenvalue weighted by molar-refractivity contribution is 5.82. The minimum Gasteiger partial charge on any atom is -0.369 e. The van der Waals surface area contributed by atoms with Crippen molar-refractivity contribution in [3.8, 4) is 0 Å². The predicted octanol–water partition coefficient (Wildman–Crippen LogP) is 3.02. The smallest absolute Gasteiger partial charge is 0.266 e. The fourth-order valence-corrected chi connectivity index (χ4v) is 1.55. The van der Waals surface area contributed by atoms with Crippen molar-refractivity contribution in [1.82, 2.24) is 9.97 Å². The van der Waals surface area contributed by atoms with Crippen LogP contribution in [0, 0.1) is 0 Å². The molecule has 3 N–H and O–H groups in total. The number of aromatic amines is 1. The summed E-state index contributed by atoms with van der Waals surface area (Å²) in [5.74, 6) is -0.0803. The number of H-pyrrole nitrogens is 1. The molecule has 0 amide bonds. The number of benzene rings is 1. The number of halogens is 4. The Morgan fingerprint density at radius 3 is 2.38 bits per heavy atom. The number of rotatable bonds is 2. The van der Waals surface area contributed by atoms with E-state index in [1.54, 1.807) is 0 Å². The lowest BCUT2D eigenvalue weighted by Crippen LogP contribution is -1.96. The maximum Gasteiger partial charge on any atom is 0.266 e. The first-order valence-electron chi connectivity index (χ1n) is 4.35. The van der Waals surface area contributed by atoms with Crippen molar-refractivity contribution in [2.75, 3.05) is 5.73 Å². The Bertz CT molecular complexity index is 521. The van der Waals surface area contributed by atoms with Crippen molar-refractivity contribution in [2.45, 2.75) is 12.9 Å². The first-order valence-corrected chi connectivity index (χ1v) is 4.35. The van der Waals surface area contributed by atoms with E-state index in [-0.39, 0.29) is 17.0 Å². The molecule has 0 spiro atoms. The zero-order valence-corrected chi connectivity index (χ0v) is 7.85. The van der Waals surface area contributed by atoms with Gasteiger partial charge in [0.1, 0.15) is 0 Å². The van der Waals surface area contributed by atoms with E-state index in [0.29, 0.717) is 0 Å². The van der Waals surface area contributed by atoms with Gasteiger partial charge >= 0.3 is 0 Å². The van der Waals surface area contributed by atoms with Gasteiger partial charge in [-0.3, -0.25) is 0 Å². The summed E-state index contributed by atoms with van der Waals surface area (Å²) in [6, 6.07) is 2.21. The number of hydrogen-bond acceptors (Lipinski definition) is 2. The summed E-state index contributed by atoms with van der Waals surface area (Å²) < 4.78 is 50.4. The highest BCUT2D eigenvalue weighted by atomic mass is 19.3. The number of alkyl halides is 4. The molecule has 3 nitrogen and oxygen atoms in total. The lowest BCUT2D eigenvalue weighted by atomic mass is 10.1. The fraction of sp³-hybridized carbons (Fsp3) is 0.222. The molecule has 0 fully saturated rings. The molecular formula is C9H7F4N3. The molecule has 0 radical (unpaired) electrons. The molecule has 0 aliphatic heterocycles. The molecule has 0 unspecified atom stereocenters. The Morgan fingerprint density at radius 2 is 1.81 bits per heavy atom. The topological polar surface area (TPSA) is 54.7 Å². The Balaban J connectivity index is 2.78. The van der Waals surface area contributed by atoms with Gasteiger partial charge in [0.05, 0.1) is 16.6 Å². The van der Waals surface area contributed by atoms with Crippen LogP contribution in [0.2, 0.25) is 0 Å². The predicted molar refractivity (Wildman–Crippen MR) is 50.4 cm³/mol. The number of anilines is 1. The van der Waals surface area contributed by atoms with Gasteiger partial charge in [0.15, 0.2) is 5.95 Å². The molecule has 0 bridgehead atoms. The van der Waals surface area contributed by atoms with E-state index in [1.807, 2.05) is 0 Å². The van der Waals surface area contributed by atoms with Gasteiger partial charge in [-0.1, -0.05) is 6.07 Å². The van der Waals surface area contributed by atoms with Gasteiger partial charge in [-0.25, -0.2) is 22.5 Å². The molecular weight excluding hydrogens is 226 g/mol. The van der Waals surface area contributed by atoms with E-state index < -0.39 is 24.0 Å². The number of aromatic nitrogens is 2. The molecule has 2 aromatic rings. The van der Waals surface area contributed by atoms with Crippen LogP contribution in [0.15, 0.2) is 12.1 Å². The molecule has 16 heavy (non-hydrogen) atoms. The highest BCUT2D eigenvalue weighted by Crippen LogP contribution is 2.35. The number of nitrogens with zero attached hydrogens (tertiary/aromatic N) is 1. The molecule has 1 heterocycles. The SMILES string of the molecule is Nc1nc2c(C(F)F)c(C(F)F)ccc2[nH]1. The number of nitrogens with one attached hydrogen (secondary N) is 1. The van der Waals surface area contributed by atoms with Crippen LogP contribution in [-0.2, 0) is 0 Å². The summed E-state index contributed by atoms with van der Waals surface area (Å²) >= 11 is 0. The molecule has 2 rings (SSSR count). The van der Waals surface area contributed by atoms with Crippen LogP contribution in [0.3, 0.4) is 0 Å². The van der Waals surface area contributed by atoms with Gasteiger partial charge < -0.3 is 10.7 Å². The Kier molecular flexibility index (Phi) is 2.45. The molecule has 86 valence electrons. The number of nitrogen functional groups attached to an aromatic ring is 1. The van der Waals surface area contributed by atoms with Crippen molar-refractivity contribution in [1.29, 1.82) is 0 Å². The van der Waals surface area contributed by atoms with Gasteiger partial charge in [0, 0.05) is 5.56 Å². The van der Waals surface area contributed by atoms with E-state index >= 15 is 0 Å². The van der Waals surface area contributed by atoms with Gasteiger partial charge in [0.25, 0.3) is 12.9 Å². The van der Waals surface area contributed by atoms with Crippen molar-refractivity contribution >= 4 is 17.0 Å². The third-order valence-electron chi connectivity index (χ3n) is 2.20. The normalized spacial score (nSPS) is 11.9. The first-order chi connectivity index (χ1) is 7.50. The molecule has 7 heteroatoms. The summed E-state index contributed by atoms with van der Waals surface area (Å²) in [5, 5.41) is 0. The molecule has 0 saturated carbocycles. The average Bonchev–Trinajstić information content (AvgIpc) is 2.55. The van der Waals surface area contributed by atoms with Crippen LogP contribution >= 0.6 is 0 Å². The van der Waals surface area contributed by atoms with Gasteiger partial charge in [0.2, 0.25) is 0 Å². The quantitative estimate of drug-likeness (QED) is 0.783. The zero-order chi connectivity index (χ0) is 11.9. The van der Waals surface area contributed by atoms with Crippen LogP contribution in [0.1, 0.15) is 24.0 Å². The van der Waals surface area contributed by atoms with Gasteiger partial charge in [-0.2, -0.15) is 0 Å². The Labute approximate surface area is 87.3 Å². The van der Waals surface area contributed by atoms with Crippen molar-refractivity contribution in [3.63, 3.8) is 0 Å². The maximum atomic E-state index is 12.7. The minimum absolute atomic E-state index is 0.0803. The van der Waals surface area contributed by atoms with Crippen LogP contribution < -0.4 is 5.73 Å². The van der Waals surface area contributed by atoms with Gasteiger partial charge in [-0.05, 0) is 6.07 Å². The van der Waals surface area contributed by atoms with Crippen molar-refractivity contribution < 1.29 is 17.6 Å². The second-order valence-electron chi connectivity index (χ2n) is 3.19. The Morgan fingerprint density at radius 1 is 1.12 bits per heavy atom. The van der Waals surface area contributed by atoms with Crippen molar-refractivity contribution in [3.05, 3.63) is 23.3 Å². The van der Waals surface area contributed by atoms with Crippen molar-refractivity contribution in [2.24, 2.45) is 0 Å². The lowest BCUT2D eigenvalue weighted by Gasteiger charge is -2.08. The standard InChI is InChI=1S/C9H7F4N3/c10-7(11)3-1-2-4-6(5(3)8(12)13)16-9(14)15-4/h1-2,7-8H,(H3,14,15,16).